The van der Waals surface area contributed by atoms with Crippen LogP contribution in [0.5, 0.6) is 0 Å². The van der Waals surface area contributed by atoms with Crippen molar-refractivity contribution in [1.29, 1.82) is 0 Å². The normalized spacial score (nSPS) is 15.0. The molecule has 0 fully saturated rings. The highest BCUT2D eigenvalue weighted by atomic mass is 33.1. The van der Waals surface area contributed by atoms with Crippen molar-refractivity contribution in [2.75, 3.05) is 26.4 Å². The summed E-state index contributed by atoms with van der Waals surface area (Å²) in [5.74, 6) is 0. The van der Waals surface area contributed by atoms with Gasteiger partial charge in [0.15, 0.2) is 12.6 Å². The zero-order valence-corrected chi connectivity index (χ0v) is 31.2. The van der Waals surface area contributed by atoms with Gasteiger partial charge in [-0.05, 0) is 53.4 Å². The third-order valence-corrected chi connectivity index (χ3v) is 13.0. The molecule has 0 heterocycles. The van der Waals surface area contributed by atoms with Gasteiger partial charge in [-0.3, -0.25) is 0 Å². The molecule has 0 radical (unpaired) electrons. The molecule has 6 heteroatoms. The van der Waals surface area contributed by atoms with Crippen LogP contribution >= 0.6 is 21.6 Å². The van der Waals surface area contributed by atoms with Crippen LogP contribution in [0.1, 0.15) is 184 Å². The van der Waals surface area contributed by atoms with E-state index >= 15 is 0 Å². The van der Waals surface area contributed by atoms with Gasteiger partial charge in [-0.2, -0.15) is 0 Å². The van der Waals surface area contributed by atoms with E-state index in [4.69, 9.17) is 18.9 Å². The first-order valence-electron chi connectivity index (χ1n) is 18.3. The smallest absolute Gasteiger partial charge is 0.172 e. The Balaban J connectivity index is 5.69. The average Bonchev–Trinajstić information content (AvgIpc) is 3.00. The van der Waals surface area contributed by atoms with Crippen LogP contribution in [0, 0.1) is 0 Å². The van der Waals surface area contributed by atoms with Crippen molar-refractivity contribution in [3.8, 4) is 0 Å². The molecule has 0 saturated heterocycles. The fourth-order valence-electron chi connectivity index (χ4n) is 5.79. The maximum atomic E-state index is 6.35. The number of hydrogen-bond acceptors (Lipinski definition) is 6. The van der Waals surface area contributed by atoms with E-state index in [0.717, 1.165) is 25.7 Å². The lowest BCUT2D eigenvalue weighted by molar-refractivity contribution is -0.159. The van der Waals surface area contributed by atoms with Crippen molar-refractivity contribution >= 4 is 21.6 Å². The van der Waals surface area contributed by atoms with Gasteiger partial charge < -0.3 is 18.9 Å². The number of hydrogen-bond donors (Lipinski definition) is 0. The van der Waals surface area contributed by atoms with Gasteiger partial charge in [0.2, 0.25) is 0 Å². The molecule has 42 heavy (non-hydrogen) atoms. The van der Waals surface area contributed by atoms with Crippen molar-refractivity contribution in [2.45, 2.75) is 206 Å². The van der Waals surface area contributed by atoms with Crippen LogP contribution < -0.4 is 0 Å². The Bertz CT molecular complexity index is 507. The van der Waals surface area contributed by atoms with E-state index < -0.39 is 0 Å². The maximum absolute atomic E-state index is 6.35. The van der Waals surface area contributed by atoms with Crippen LogP contribution in [0.4, 0.5) is 0 Å². The Morgan fingerprint density at radius 3 is 0.881 bits per heavy atom. The van der Waals surface area contributed by atoms with Crippen LogP contribution in [-0.4, -0.2) is 48.5 Å². The fraction of sp³-hybridized carbons (Fsp3) is 1.00. The molecule has 0 rings (SSSR count). The standard InChI is InChI=1S/C36H74O4S2/c1-9-17-19-21-23-25-27-29-31-35(11-3,33(37-13-5)38-14-6)41-42-36(12-4,34(39-15-7)40-16-8)32-30-28-26-24-22-20-18-10-2/h33-34H,9-32H2,1-8H3. The number of unbranched alkanes of at least 4 members (excludes halogenated alkanes) is 14. The first-order valence-corrected chi connectivity index (χ1v) is 20.5. The van der Waals surface area contributed by atoms with Gasteiger partial charge >= 0.3 is 0 Å². The van der Waals surface area contributed by atoms with E-state index in [1.165, 1.54) is 103 Å². The summed E-state index contributed by atoms with van der Waals surface area (Å²) < 4.78 is 25.2. The number of rotatable bonds is 33. The predicted octanol–water partition coefficient (Wildman–Crippen LogP) is 12.5. The van der Waals surface area contributed by atoms with Gasteiger partial charge in [0, 0.05) is 26.4 Å². The number of ether oxygens (including phenoxy) is 4. The van der Waals surface area contributed by atoms with Crippen LogP contribution in [-0.2, 0) is 18.9 Å². The second-order valence-electron chi connectivity index (χ2n) is 11.9. The van der Waals surface area contributed by atoms with Gasteiger partial charge in [-0.1, -0.05) is 152 Å². The first-order chi connectivity index (χ1) is 20.5. The van der Waals surface area contributed by atoms with Gasteiger partial charge in [0.25, 0.3) is 0 Å². The lowest BCUT2D eigenvalue weighted by atomic mass is 9.95. The molecule has 0 aliphatic rings. The Morgan fingerprint density at radius 2 is 0.643 bits per heavy atom. The van der Waals surface area contributed by atoms with E-state index in [1.807, 2.05) is 21.6 Å². The van der Waals surface area contributed by atoms with E-state index in [2.05, 4.69) is 55.4 Å². The summed E-state index contributed by atoms with van der Waals surface area (Å²) in [5, 5.41) is 0. The summed E-state index contributed by atoms with van der Waals surface area (Å²) in [4.78, 5) is 0. The predicted molar refractivity (Wildman–Crippen MR) is 190 cm³/mol. The van der Waals surface area contributed by atoms with Gasteiger partial charge in [-0.25, -0.2) is 0 Å². The quantitative estimate of drug-likeness (QED) is 0.0406. The van der Waals surface area contributed by atoms with Gasteiger partial charge in [0.05, 0.1) is 9.49 Å². The highest BCUT2D eigenvalue weighted by Gasteiger charge is 2.46. The molecule has 2 atom stereocenters. The molecule has 0 bridgehead atoms. The minimum atomic E-state index is -0.199. The molecule has 254 valence electrons. The zero-order valence-electron chi connectivity index (χ0n) is 29.6. The maximum Gasteiger partial charge on any atom is 0.172 e. The minimum absolute atomic E-state index is 0.0957. The van der Waals surface area contributed by atoms with Crippen molar-refractivity contribution in [3.05, 3.63) is 0 Å². The Labute approximate surface area is 272 Å². The monoisotopic (exact) mass is 635 g/mol. The molecule has 0 aromatic carbocycles. The lowest BCUT2D eigenvalue weighted by Gasteiger charge is -2.44. The Hall–Kier alpha value is 0.540. The zero-order chi connectivity index (χ0) is 31.4. The van der Waals surface area contributed by atoms with E-state index in [-0.39, 0.29) is 22.1 Å². The Kier molecular flexibility index (Phi) is 29.3. The van der Waals surface area contributed by atoms with E-state index in [0.29, 0.717) is 26.4 Å². The van der Waals surface area contributed by atoms with Crippen LogP contribution in [0.25, 0.3) is 0 Å². The molecule has 0 saturated carbocycles. The summed E-state index contributed by atoms with van der Waals surface area (Å²) in [5.41, 5.74) is 0. The summed E-state index contributed by atoms with van der Waals surface area (Å²) in [7, 11) is 4.06. The molecule has 0 aliphatic carbocycles. The lowest BCUT2D eigenvalue weighted by Crippen LogP contribution is -2.45. The Morgan fingerprint density at radius 1 is 0.381 bits per heavy atom. The average molecular weight is 635 g/mol. The molecule has 0 aliphatic heterocycles. The third kappa shape index (κ3) is 17.9. The second-order valence-corrected chi connectivity index (χ2v) is 14.9. The molecule has 2 unspecified atom stereocenters. The molecule has 0 amide bonds. The second kappa shape index (κ2) is 29.0. The molecular formula is C36H74O4S2. The van der Waals surface area contributed by atoms with Crippen LogP contribution in [0.15, 0.2) is 0 Å². The van der Waals surface area contributed by atoms with Crippen molar-refractivity contribution < 1.29 is 18.9 Å². The minimum Gasteiger partial charge on any atom is -0.351 e. The largest absolute Gasteiger partial charge is 0.351 e. The third-order valence-electron chi connectivity index (χ3n) is 8.61. The van der Waals surface area contributed by atoms with Crippen molar-refractivity contribution in [2.24, 2.45) is 0 Å². The van der Waals surface area contributed by atoms with E-state index in [9.17, 15) is 0 Å². The van der Waals surface area contributed by atoms with Gasteiger partial charge in [0.1, 0.15) is 0 Å². The molecule has 4 nitrogen and oxygen atoms in total. The topological polar surface area (TPSA) is 36.9 Å². The summed E-state index contributed by atoms with van der Waals surface area (Å²) in [6.07, 6.45) is 25.2. The molecule has 0 N–H and O–H groups in total. The molecule has 0 aromatic heterocycles. The first kappa shape index (κ1) is 42.5. The van der Waals surface area contributed by atoms with Gasteiger partial charge in [-0.15, -0.1) is 0 Å². The van der Waals surface area contributed by atoms with Crippen molar-refractivity contribution in [3.63, 3.8) is 0 Å². The fourth-order valence-corrected chi connectivity index (χ4v) is 9.92. The van der Waals surface area contributed by atoms with E-state index in [1.54, 1.807) is 0 Å². The van der Waals surface area contributed by atoms with Crippen molar-refractivity contribution in [1.82, 2.24) is 0 Å². The summed E-state index contributed by atoms with van der Waals surface area (Å²) in [6, 6.07) is 0. The molecule has 0 aromatic rings. The molecule has 0 spiro atoms. The SMILES string of the molecule is CCCCCCCCCCC(CC)(SSC(CC)(CCCCCCCCCC)C(OCC)OCC)C(OCC)OCC. The summed E-state index contributed by atoms with van der Waals surface area (Å²) >= 11 is 0. The van der Waals surface area contributed by atoms with Crippen LogP contribution in [0.3, 0.4) is 0 Å². The summed E-state index contributed by atoms with van der Waals surface area (Å²) in [6.45, 7) is 20.3. The highest BCUT2D eigenvalue weighted by Crippen LogP contribution is 2.54. The van der Waals surface area contributed by atoms with Crippen LogP contribution in [0.2, 0.25) is 0 Å². The molecular weight excluding hydrogens is 561 g/mol. The highest BCUT2D eigenvalue weighted by molar-refractivity contribution is 8.77.